The van der Waals surface area contributed by atoms with Crippen LogP contribution in [0.1, 0.15) is 16.7 Å². The minimum absolute atomic E-state index is 0.511. The van der Waals surface area contributed by atoms with Gasteiger partial charge in [0.25, 0.3) is 0 Å². The van der Waals surface area contributed by atoms with Crippen LogP contribution in [0.4, 0.5) is 0 Å². The fraction of sp³-hybridized carbons (Fsp3) is 0.250. The van der Waals surface area contributed by atoms with E-state index >= 15 is 0 Å². The van der Waals surface area contributed by atoms with Gasteiger partial charge in [0.05, 0.1) is 0 Å². The van der Waals surface area contributed by atoms with Gasteiger partial charge in [-0.15, -0.1) is 0 Å². The van der Waals surface area contributed by atoms with Crippen molar-refractivity contribution < 1.29 is 0 Å². The zero-order valence-electron chi connectivity index (χ0n) is 11.6. The molecular weight excluding hydrogens is 339 g/mol. The molecule has 2 heteroatoms. The molecule has 2 radical (unpaired) electrons. The van der Waals surface area contributed by atoms with Crippen molar-refractivity contribution in [2.45, 2.75) is 20.4 Å². The number of benzene rings is 2. The van der Waals surface area contributed by atoms with Crippen LogP contribution in [-0.4, -0.2) is 30.0 Å². The largest absolute Gasteiger partial charge is 0.0622 e. The summed E-state index contributed by atoms with van der Waals surface area (Å²) in [4.78, 5) is 7.09. The average Bonchev–Trinajstić information content (AvgIpc) is 2.39. The smallest absolute Gasteiger partial charge is 0.0239 e. The van der Waals surface area contributed by atoms with Gasteiger partial charge in [-0.3, -0.25) is 0 Å². The molecule has 0 amide bonds. The van der Waals surface area contributed by atoms with Gasteiger partial charge in [-0.2, -0.15) is 0 Å². The normalized spacial score (nSPS) is 10.1. The molecule has 2 aromatic rings. The number of hydrogen-bond acceptors (Lipinski definition) is 0. The van der Waals surface area contributed by atoms with Crippen LogP contribution in [0.15, 0.2) is 60.7 Å². The molecule has 0 heterocycles. The molecule has 0 aliphatic carbocycles. The molecule has 2 aromatic carbocycles. The van der Waals surface area contributed by atoms with Gasteiger partial charge < -0.3 is 0 Å². The van der Waals surface area contributed by atoms with Gasteiger partial charge in [-0.1, -0.05) is 60.7 Å². The van der Waals surface area contributed by atoms with E-state index in [9.17, 15) is 0 Å². The fourth-order valence-corrected chi connectivity index (χ4v) is 2.11. The molecule has 18 heavy (non-hydrogen) atoms. The Morgan fingerprint density at radius 1 is 0.722 bits per heavy atom. The Morgan fingerprint density at radius 2 is 1.00 bits per heavy atom. The number of rotatable bonds is 2. The van der Waals surface area contributed by atoms with Crippen molar-refractivity contribution in [2.75, 3.05) is 0 Å². The Balaban J connectivity index is 0.000000357. The Hall–Kier alpha value is -0.544. The Labute approximate surface area is 122 Å². The van der Waals surface area contributed by atoms with E-state index in [1.54, 1.807) is 0 Å². The molecular formula is C16H22SiSn. The molecule has 0 N–H and O–H groups in total. The van der Waals surface area contributed by atoms with Gasteiger partial charge in [0, 0.05) is 10.2 Å². The predicted octanol–water partition coefficient (Wildman–Crippen LogP) is 3.78. The SMILES string of the molecule is [CH3][Sn]([CH3])[CH3].[SiH2]C(c1ccccc1)c1ccccc1. The van der Waals surface area contributed by atoms with Crippen molar-refractivity contribution in [3.05, 3.63) is 71.8 Å². The Kier molecular flexibility index (Phi) is 7.36. The van der Waals surface area contributed by atoms with Crippen molar-refractivity contribution in [2.24, 2.45) is 0 Å². The topological polar surface area (TPSA) is 0 Å². The van der Waals surface area contributed by atoms with Gasteiger partial charge in [-0.05, 0) is 16.7 Å². The summed E-state index contributed by atoms with van der Waals surface area (Å²) in [5, 5.41) is 0. The van der Waals surface area contributed by atoms with E-state index in [0.717, 1.165) is 0 Å². The van der Waals surface area contributed by atoms with Crippen LogP contribution < -0.4 is 0 Å². The molecule has 0 spiro atoms. The third kappa shape index (κ3) is 5.87. The monoisotopic (exact) mass is 362 g/mol. The molecule has 0 aliphatic heterocycles. The summed E-state index contributed by atoms with van der Waals surface area (Å²) in [6, 6.07) is 21.2. The molecule has 2 rings (SSSR count). The van der Waals surface area contributed by atoms with E-state index in [1.165, 1.54) is 11.1 Å². The molecule has 0 aliphatic rings. The second-order valence-electron chi connectivity index (χ2n) is 4.87. The summed E-state index contributed by atoms with van der Waals surface area (Å²) in [5.74, 6) is 0. The average molecular weight is 361 g/mol. The second-order valence-corrected chi connectivity index (χ2v) is 14.3. The standard InChI is InChI=1S/C13H13Si.3CH3.Sn/c14-13(11-7-3-1-4-8-11)12-9-5-2-6-10-12;;;;/h1-10,13H,14H2;3*1H3;. The summed E-state index contributed by atoms with van der Waals surface area (Å²) in [6.07, 6.45) is 0. The van der Waals surface area contributed by atoms with Crippen LogP contribution in [-0.2, 0) is 0 Å². The first-order valence-electron chi connectivity index (χ1n) is 6.31. The van der Waals surface area contributed by atoms with Crippen LogP contribution >= 0.6 is 0 Å². The molecule has 0 fully saturated rings. The third-order valence-electron chi connectivity index (χ3n) is 2.40. The van der Waals surface area contributed by atoms with E-state index in [-0.39, 0.29) is 0 Å². The van der Waals surface area contributed by atoms with E-state index < -0.39 is 19.8 Å². The van der Waals surface area contributed by atoms with Gasteiger partial charge in [0.15, 0.2) is 0 Å². The van der Waals surface area contributed by atoms with E-state index in [2.05, 4.69) is 75.5 Å². The summed E-state index contributed by atoms with van der Waals surface area (Å²) in [6.45, 7) is 0. The van der Waals surface area contributed by atoms with Crippen molar-refractivity contribution >= 4 is 30.0 Å². The zero-order chi connectivity index (χ0) is 13.4. The molecule has 0 aromatic heterocycles. The molecule has 0 saturated heterocycles. The summed E-state index contributed by atoms with van der Waals surface area (Å²) in [7, 11) is 2.03. The zero-order valence-corrected chi connectivity index (χ0v) is 15.8. The Bertz CT molecular complexity index is 383. The van der Waals surface area contributed by atoms with Crippen LogP contribution in [0.25, 0.3) is 0 Å². The van der Waals surface area contributed by atoms with Gasteiger partial charge >= 0.3 is 34.6 Å². The minimum atomic E-state index is -0.543. The maximum Gasteiger partial charge on any atom is 0.0239 e. The van der Waals surface area contributed by atoms with E-state index in [0.29, 0.717) is 5.54 Å². The van der Waals surface area contributed by atoms with Crippen molar-refractivity contribution in [3.63, 3.8) is 0 Å². The van der Waals surface area contributed by atoms with Gasteiger partial charge in [0.1, 0.15) is 0 Å². The van der Waals surface area contributed by atoms with E-state index in [4.69, 9.17) is 0 Å². The third-order valence-corrected chi connectivity index (χ3v) is 3.35. The minimum Gasteiger partial charge on any atom is -0.0622 e. The van der Waals surface area contributed by atoms with Crippen LogP contribution in [0.5, 0.6) is 0 Å². The predicted molar refractivity (Wildman–Crippen MR) is 86.6 cm³/mol. The maximum atomic E-state index is 2.36. The van der Waals surface area contributed by atoms with Crippen molar-refractivity contribution in [3.8, 4) is 0 Å². The summed E-state index contributed by atoms with van der Waals surface area (Å²) >= 11 is -0.543. The molecule has 0 unspecified atom stereocenters. The Morgan fingerprint density at radius 3 is 1.28 bits per heavy atom. The first-order chi connectivity index (χ1) is 8.61. The van der Waals surface area contributed by atoms with Crippen LogP contribution in [0, 0.1) is 0 Å². The molecule has 0 bridgehead atoms. The summed E-state index contributed by atoms with van der Waals surface area (Å²) in [5.41, 5.74) is 3.28. The molecule has 0 nitrogen and oxygen atoms in total. The quantitative estimate of drug-likeness (QED) is 0.715. The molecule has 0 saturated carbocycles. The summed E-state index contributed by atoms with van der Waals surface area (Å²) < 4.78 is 0. The van der Waals surface area contributed by atoms with Crippen LogP contribution in [0.2, 0.25) is 14.8 Å². The van der Waals surface area contributed by atoms with Crippen LogP contribution in [0.3, 0.4) is 0 Å². The van der Waals surface area contributed by atoms with E-state index in [1.807, 2.05) is 10.2 Å². The first kappa shape index (κ1) is 15.5. The molecule has 94 valence electrons. The number of hydrogen-bond donors (Lipinski definition) is 0. The molecule has 0 atom stereocenters. The van der Waals surface area contributed by atoms with Crippen molar-refractivity contribution in [1.82, 2.24) is 0 Å². The van der Waals surface area contributed by atoms with Crippen molar-refractivity contribution in [1.29, 1.82) is 0 Å². The second kappa shape index (κ2) is 8.54. The fourth-order valence-electron chi connectivity index (χ4n) is 1.56. The maximum absolute atomic E-state index is 2.36. The van der Waals surface area contributed by atoms with Gasteiger partial charge in [0.2, 0.25) is 0 Å². The van der Waals surface area contributed by atoms with Gasteiger partial charge in [-0.25, -0.2) is 0 Å². The first-order valence-corrected chi connectivity index (χ1v) is 15.7.